The Bertz CT molecular complexity index is 968. The Labute approximate surface area is 151 Å². The summed E-state index contributed by atoms with van der Waals surface area (Å²) < 4.78 is 28.8. The fourth-order valence-electron chi connectivity index (χ4n) is 2.48. The molecule has 0 atom stereocenters. The molecule has 2 heterocycles. The van der Waals surface area contributed by atoms with E-state index in [4.69, 9.17) is 4.74 Å². The Morgan fingerprint density at radius 1 is 1.16 bits per heavy atom. The van der Waals surface area contributed by atoms with Crippen molar-refractivity contribution >= 4 is 21.2 Å². The van der Waals surface area contributed by atoms with Crippen LogP contribution in [0.1, 0.15) is 10.6 Å². The fourth-order valence-corrected chi connectivity index (χ4v) is 3.82. The van der Waals surface area contributed by atoms with Crippen LogP contribution in [0.25, 0.3) is 11.3 Å². The van der Waals surface area contributed by atoms with E-state index < -0.39 is 9.84 Å². The molecule has 0 aliphatic heterocycles. The van der Waals surface area contributed by atoms with Gasteiger partial charge in [-0.1, -0.05) is 6.07 Å². The number of hydrogen-bond donors (Lipinski definition) is 0. The number of ether oxygens (including phenoxy) is 1. The predicted molar refractivity (Wildman–Crippen MR) is 98.9 cm³/mol. The minimum Gasteiger partial charge on any atom is -0.496 e. The van der Waals surface area contributed by atoms with Crippen molar-refractivity contribution in [3.05, 3.63) is 58.7 Å². The van der Waals surface area contributed by atoms with Crippen LogP contribution in [0.15, 0.2) is 53.0 Å². The van der Waals surface area contributed by atoms with Gasteiger partial charge in [-0.2, -0.15) is 0 Å². The molecular formula is C18H18N2O3S2. The van der Waals surface area contributed by atoms with E-state index in [1.54, 1.807) is 35.9 Å². The SMILES string of the molecule is COc1cc(S(C)(=O)=O)ccc1-c1cncc(CCc2cccs2)n1. The van der Waals surface area contributed by atoms with Crippen molar-refractivity contribution < 1.29 is 13.2 Å². The summed E-state index contributed by atoms with van der Waals surface area (Å²) >= 11 is 1.73. The highest BCUT2D eigenvalue weighted by Gasteiger charge is 2.14. The van der Waals surface area contributed by atoms with Crippen molar-refractivity contribution in [2.45, 2.75) is 17.7 Å². The molecule has 3 aromatic rings. The standard InChI is InChI=1S/C18H18N2O3S2/c1-23-18-10-15(25(2,21)22)7-8-16(18)17-12-19-11-13(20-17)5-6-14-4-3-9-24-14/h3-4,7-12H,5-6H2,1-2H3. The average molecular weight is 374 g/mol. The topological polar surface area (TPSA) is 69.2 Å². The van der Waals surface area contributed by atoms with E-state index in [0.717, 1.165) is 24.1 Å². The number of thiophene rings is 1. The maximum absolute atomic E-state index is 11.7. The Kier molecular flexibility index (Phi) is 5.15. The Hall–Kier alpha value is -2.25. The van der Waals surface area contributed by atoms with E-state index in [2.05, 4.69) is 21.4 Å². The van der Waals surface area contributed by atoms with Crippen LogP contribution >= 0.6 is 11.3 Å². The van der Waals surface area contributed by atoms with Crippen molar-refractivity contribution in [3.63, 3.8) is 0 Å². The smallest absolute Gasteiger partial charge is 0.175 e. The van der Waals surface area contributed by atoms with Gasteiger partial charge in [0.2, 0.25) is 0 Å². The van der Waals surface area contributed by atoms with Gasteiger partial charge in [-0.15, -0.1) is 11.3 Å². The Morgan fingerprint density at radius 3 is 2.68 bits per heavy atom. The van der Waals surface area contributed by atoms with Gasteiger partial charge in [-0.3, -0.25) is 4.98 Å². The predicted octanol–water partition coefficient (Wildman–Crippen LogP) is 3.40. The normalized spacial score (nSPS) is 11.4. The lowest BCUT2D eigenvalue weighted by Gasteiger charge is -2.10. The van der Waals surface area contributed by atoms with Crippen LogP contribution in [0.2, 0.25) is 0 Å². The molecule has 0 N–H and O–H groups in total. The average Bonchev–Trinajstić information content (AvgIpc) is 3.12. The molecule has 0 aliphatic carbocycles. The zero-order valence-corrected chi connectivity index (χ0v) is 15.6. The number of sulfone groups is 1. The number of hydrogen-bond acceptors (Lipinski definition) is 6. The Morgan fingerprint density at radius 2 is 2.00 bits per heavy atom. The number of benzene rings is 1. The van der Waals surface area contributed by atoms with Gasteiger partial charge in [-0.05, 0) is 42.5 Å². The first kappa shape index (κ1) is 17.6. The zero-order valence-electron chi connectivity index (χ0n) is 14.0. The second-order valence-corrected chi connectivity index (χ2v) is 8.66. The van der Waals surface area contributed by atoms with Crippen LogP contribution in [-0.2, 0) is 22.7 Å². The number of methoxy groups -OCH3 is 1. The molecule has 130 valence electrons. The third kappa shape index (κ3) is 4.24. The van der Waals surface area contributed by atoms with Crippen LogP contribution in [0.3, 0.4) is 0 Å². The van der Waals surface area contributed by atoms with Gasteiger partial charge < -0.3 is 4.74 Å². The van der Waals surface area contributed by atoms with E-state index in [0.29, 0.717) is 11.4 Å². The van der Waals surface area contributed by atoms with Crippen molar-refractivity contribution in [1.29, 1.82) is 0 Å². The fraction of sp³-hybridized carbons (Fsp3) is 0.222. The maximum Gasteiger partial charge on any atom is 0.175 e. The largest absolute Gasteiger partial charge is 0.496 e. The first-order valence-electron chi connectivity index (χ1n) is 7.69. The van der Waals surface area contributed by atoms with E-state index in [-0.39, 0.29) is 4.90 Å². The van der Waals surface area contributed by atoms with Crippen LogP contribution in [0, 0.1) is 0 Å². The molecule has 1 aromatic carbocycles. The van der Waals surface area contributed by atoms with Crippen LogP contribution in [-0.4, -0.2) is 31.8 Å². The molecule has 0 bridgehead atoms. The molecule has 0 saturated carbocycles. The van der Waals surface area contributed by atoms with Gasteiger partial charge in [-0.25, -0.2) is 13.4 Å². The summed E-state index contributed by atoms with van der Waals surface area (Å²) in [6.07, 6.45) is 6.30. The maximum atomic E-state index is 11.7. The highest BCUT2D eigenvalue weighted by molar-refractivity contribution is 7.90. The number of aryl methyl sites for hydroxylation is 2. The third-order valence-electron chi connectivity index (χ3n) is 3.77. The molecule has 3 rings (SSSR count). The van der Waals surface area contributed by atoms with Gasteiger partial charge in [0.1, 0.15) is 5.75 Å². The molecule has 0 unspecified atom stereocenters. The first-order valence-corrected chi connectivity index (χ1v) is 10.5. The highest BCUT2D eigenvalue weighted by atomic mass is 32.2. The zero-order chi connectivity index (χ0) is 17.9. The van der Waals surface area contributed by atoms with E-state index in [9.17, 15) is 8.42 Å². The summed E-state index contributed by atoms with van der Waals surface area (Å²) in [6.45, 7) is 0. The third-order valence-corrected chi connectivity index (χ3v) is 5.82. The highest BCUT2D eigenvalue weighted by Crippen LogP contribution is 2.31. The molecule has 0 fully saturated rings. The second kappa shape index (κ2) is 7.33. The van der Waals surface area contributed by atoms with Crippen molar-refractivity contribution in [2.75, 3.05) is 13.4 Å². The summed E-state index contributed by atoms with van der Waals surface area (Å²) in [5.41, 5.74) is 2.28. The molecule has 0 amide bonds. The number of aromatic nitrogens is 2. The monoisotopic (exact) mass is 374 g/mol. The summed E-state index contributed by atoms with van der Waals surface area (Å²) in [7, 11) is -1.78. The lowest BCUT2D eigenvalue weighted by atomic mass is 10.1. The van der Waals surface area contributed by atoms with Gasteiger partial charge in [0.05, 0.1) is 29.6 Å². The van der Waals surface area contributed by atoms with Gasteiger partial charge in [0.25, 0.3) is 0 Å². The molecule has 0 radical (unpaired) electrons. The van der Waals surface area contributed by atoms with Gasteiger partial charge in [0.15, 0.2) is 9.84 Å². The summed E-state index contributed by atoms with van der Waals surface area (Å²) in [5, 5.41) is 2.06. The molecule has 0 saturated heterocycles. The minimum absolute atomic E-state index is 0.218. The molecule has 25 heavy (non-hydrogen) atoms. The second-order valence-electron chi connectivity index (χ2n) is 5.61. The molecule has 2 aromatic heterocycles. The Balaban J connectivity index is 1.90. The van der Waals surface area contributed by atoms with E-state index in [1.165, 1.54) is 24.3 Å². The minimum atomic E-state index is -3.29. The molecular weight excluding hydrogens is 356 g/mol. The van der Waals surface area contributed by atoms with Crippen LogP contribution < -0.4 is 4.74 Å². The number of rotatable bonds is 6. The summed E-state index contributed by atoms with van der Waals surface area (Å²) in [4.78, 5) is 10.5. The van der Waals surface area contributed by atoms with Crippen molar-refractivity contribution in [2.24, 2.45) is 0 Å². The molecule has 7 heteroatoms. The number of nitrogens with zero attached hydrogens (tertiary/aromatic N) is 2. The molecule has 0 spiro atoms. The lowest BCUT2D eigenvalue weighted by molar-refractivity contribution is 0.415. The quantitative estimate of drug-likeness (QED) is 0.661. The van der Waals surface area contributed by atoms with Crippen LogP contribution in [0.4, 0.5) is 0 Å². The summed E-state index contributed by atoms with van der Waals surface area (Å²) in [5.74, 6) is 0.465. The molecule has 5 nitrogen and oxygen atoms in total. The van der Waals surface area contributed by atoms with Crippen LogP contribution in [0.5, 0.6) is 5.75 Å². The van der Waals surface area contributed by atoms with E-state index in [1.807, 2.05) is 6.07 Å². The van der Waals surface area contributed by atoms with Crippen molar-refractivity contribution in [1.82, 2.24) is 9.97 Å². The lowest BCUT2D eigenvalue weighted by Crippen LogP contribution is -2.00. The van der Waals surface area contributed by atoms with Gasteiger partial charge >= 0.3 is 0 Å². The van der Waals surface area contributed by atoms with Crippen molar-refractivity contribution in [3.8, 4) is 17.0 Å². The first-order chi connectivity index (χ1) is 12.0. The molecule has 0 aliphatic rings. The summed E-state index contributed by atoms with van der Waals surface area (Å²) in [6, 6.07) is 8.94. The van der Waals surface area contributed by atoms with Gasteiger partial charge in [0, 0.05) is 22.9 Å². The van der Waals surface area contributed by atoms with E-state index >= 15 is 0 Å².